The van der Waals surface area contributed by atoms with Crippen LogP contribution < -0.4 is 4.74 Å². The smallest absolute Gasteiger partial charge is 0.213 e. The number of nitrogens with zero attached hydrogens (tertiary/aromatic N) is 5. The first kappa shape index (κ1) is 16.1. The molecule has 0 unspecified atom stereocenters. The van der Waals surface area contributed by atoms with Crippen molar-refractivity contribution in [3.63, 3.8) is 0 Å². The van der Waals surface area contributed by atoms with Crippen LogP contribution in [0.5, 0.6) is 5.88 Å². The van der Waals surface area contributed by atoms with Crippen molar-refractivity contribution in [2.45, 2.75) is 6.54 Å². The second kappa shape index (κ2) is 6.47. The summed E-state index contributed by atoms with van der Waals surface area (Å²) in [5.41, 5.74) is 1.78. The van der Waals surface area contributed by atoms with Crippen LogP contribution in [0.2, 0.25) is 0 Å². The van der Waals surface area contributed by atoms with E-state index in [1.165, 1.54) is 5.56 Å². The van der Waals surface area contributed by atoms with Crippen molar-refractivity contribution < 1.29 is 9.47 Å². The van der Waals surface area contributed by atoms with E-state index in [-0.39, 0.29) is 5.41 Å². The van der Waals surface area contributed by atoms with Crippen molar-refractivity contribution in [1.82, 2.24) is 19.7 Å². The molecule has 2 fully saturated rings. The van der Waals surface area contributed by atoms with E-state index in [9.17, 15) is 0 Å². The largest absolute Gasteiger partial charge is 0.477 e. The maximum Gasteiger partial charge on any atom is 0.213 e. The predicted octanol–water partition coefficient (Wildman–Crippen LogP) is 1.21. The third kappa shape index (κ3) is 3.23. The van der Waals surface area contributed by atoms with Gasteiger partial charge in [-0.3, -0.25) is 9.58 Å². The van der Waals surface area contributed by atoms with Gasteiger partial charge in [0.05, 0.1) is 31.6 Å². The Bertz CT molecular complexity index is 782. The monoisotopic (exact) mass is 339 g/mol. The Kier molecular flexibility index (Phi) is 4.15. The Labute approximate surface area is 146 Å². The first-order valence-corrected chi connectivity index (χ1v) is 8.43. The van der Waals surface area contributed by atoms with Gasteiger partial charge in [0, 0.05) is 62.0 Å². The Hall–Kier alpha value is -2.43. The first-order valence-electron chi connectivity index (χ1n) is 8.43. The highest BCUT2D eigenvalue weighted by Gasteiger charge is 2.51. The molecule has 2 saturated heterocycles. The Balaban J connectivity index is 1.41. The molecule has 130 valence electrons. The van der Waals surface area contributed by atoms with Crippen molar-refractivity contribution in [3.05, 3.63) is 41.9 Å². The highest BCUT2D eigenvalue weighted by atomic mass is 16.5. The molecule has 0 aliphatic carbocycles. The van der Waals surface area contributed by atoms with E-state index in [0.29, 0.717) is 24.0 Å². The minimum absolute atomic E-state index is 0.0117. The molecule has 7 heteroatoms. The van der Waals surface area contributed by atoms with E-state index in [1.54, 1.807) is 18.3 Å². The van der Waals surface area contributed by atoms with Crippen LogP contribution in [0.1, 0.15) is 11.1 Å². The summed E-state index contributed by atoms with van der Waals surface area (Å²) in [6.45, 7) is 4.95. The fraction of sp³-hybridized carbons (Fsp3) is 0.500. The van der Waals surface area contributed by atoms with Crippen LogP contribution in [0.4, 0.5) is 0 Å². The lowest BCUT2D eigenvalue weighted by Crippen LogP contribution is -2.37. The normalized spacial score (nSPS) is 25.7. The third-order valence-corrected chi connectivity index (χ3v) is 5.13. The average molecular weight is 339 g/mol. The van der Waals surface area contributed by atoms with Gasteiger partial charge in [0.25, 0.3) is 0 Å². The number of rotatable bonds is 5. The number of hydrogen-bond acceptors (Lipinski definition) is 6. The summed E-state index contributed by atoms with van der Waals surface area (Å²) in [7, 11) is 1.94. The highest BCUT2D eigenvalue weighted by Crippen LogP contribution is 2.42. The molecule has 2 aromatic rings. The van der Waals surface area contributed by atoms with Crippen LogP contribution >= 0.6 is 0 Å². The van der Waals surface area contributed by atoms with Gasteiger partial charge in [0.1, 0.15) is 6.07 Å². The summed E-state index contributed by atoms with van der Waals surface area (Å²) in [6.07, 6.45) is 5.53. The average Bonchev–Trinajstić information content (AvgIpc) is 3.28. The first-order chi connectivity index (χ1) is 12.2. The summed E-state index contributed by atoms with van der Waals surface area (Å²) >= 11 is 0. The van der Waals surface area contributed by atoms with Gasteiger partial charge in [-0.05, 0) is 6.07 Å². The minimum atomic E-state index is 0.0117. The molecule has 4 heterocycles. The lowest BCUT2D eigenvalue weighted by molar-refractivity contribution is 0.0881. The lowest BCUT2D eigenvalue weighted by Gasteiger charge is -2.27. The zero-order valence-corrected chi connectivity index (χ0v) is 14.3. The standard InChI is InChI=1S/C18H21N5O2/c1-22-7-15(6-21-22)8-23-9-16-10-24-12-18(16,11-23)13-25-17-3-2-14(4-19)5-20-17/h2-3,5-7,16H,8-13H2,1H3/t16-,18+/m1/s1. The Morgan fingerprint density at radius 1 is 1.44 bits per heavy atom. The molecule has 0 bridgehead atoms. The summed E-state index contributed by atoms with van der Waals surface area (Å²) in [6, 6.07) is 5.55. The minimum Gasteiger partial charge on any atom is -0.477 e. The number of ether oxygens (including phenoxy) is 2. The molecule has 0 spiro atoms. The number of fused-ring (bicyclic) bond motifs is 1. The van der Waals surface area contributed by atoms with Gasteiger partial charge in [-0.2, -0.15) is 10.4 Å². The van der Waals surface area contributed by atoms with Crippen LogP contribution in [0, 0.1) is 22.7 Å². The van der Waals surface area contributed by atoms with Crippen LogP contribution in [0.3, 0.4) is 0 Å². The molecule has 0 saturated carbocycles. The van der Waals surface area contributed by atoms with Gasteiger partial charge >= 0.3 is 0 Å². The molecule has 0 N–H and O–H groups in total. The summed E-state index contributed by atoms with van der Waals surface area (Å²) in [5, 5.41) is 13.1. The maximum absolute atomic E-state index is 8.85. The lowest BCUT2D eigenvalue weighted by atomic mass is 9.82. The van der Waals surface area contributed by atoms with Crippen LogP contribution in [0.15, 0.2) is 30.7 Å². The Morgan fingerprint density at radius 3 is 3.08 bits per heavy atom. The molecule has 0 radical (unpaired) electrons. The van der Waals surface area contributed by atoms with E-state index in [4.69, 9.17) is 14.7 Å². The summed E-state index contributed by atoms with van der Waals surface area (Å²) in [5.74, 6) is 1.03. The summed E-state index contributed by atoms with van der Waals surface area (Å²) < 4.78 is 13.5. The number of aryl methyl sites for hydroxylation is 1. The number of hydrogen-bond donors (Lipinski definition) is 0. The zero-order chi connectivity index (χ0) is 17.3. The maximum atomic E-state index is 8.85. The molecule has 0 amide bonds. The number of likely N-dealkylation sites (tertiary alicyclic amines) is 1. The number of nitriles is 1. The molecular weight excluding hydrogens is 318 g/mol. The second-order valence-electron chi connectivity index (χ2n) is 7.05. The fourth-order valence-corrected chi connectivity index (χ4v) is 3.83. The number of aromatic nitrogens is 3. The molecule has 2 aromatic heterocycles. The SMILES string of the molecule is Cn1cc(CN2C[C@@H]3COC[C@]3(COc3ccc(C#N)cn3)C2)cn1. The molecule has 2 aliphatic rings. The van der Waals surface area contributed by atoms with Crippen molar-refractivity contribution in [3.8, 4) is 11.9 Å². The third-order valence-electron chi connectivity index (χ3n) is 5.13. The van der Waals surface area contributed by atoms with Gasteiger partial charge in [-0.25, -0.2) is 4.98 Å². The van der Waals surface area contributed by atoms with Gasteiger partial charge in [0.2, 0.25) is 5.88 Å². The fourth-order valence-electron chi connectivity index (χ4n) is 3.83. The van der Waals surface area contributed by atoms with Crippen molar-refractivity contribution >= 4 is 0 Å². The van der Waals surface area contributed by atoms with E-state index < -0.39 is 0 Å². The van der Waals surface area contributed by atoms with Crippen molar-refractivity contribution in [1.29, 1.82) is 5.26 Å². The van der Waals surface area contributed by atoms with Crippen LogP contribution in [0.25, 0.3) is 0 Å². The number of pyridine rings is 1. The zero-order valence-electron chi connectivity index (χ0n) is 14.3. The van der Waals surface area contributed by atoms with E-state index in [2.05, 4.69) is 27.2 Å². The quantitative estimate of drug-likeness (QED) is 0.815. The van der Waals surface area contributed by atoms with E-state index in [0.717, 1.165) is 32.8 Å². The van der Waals surface area contributed by atoms with Crippen LogP contribution in [-0.2, 0) is 18.3 Å². The van der Waals surface area contributed by atoms with Crippen LogP contribution in [-0.4, -0.2) is 52.6 Å². The molecule has 7 nitrogen and oxygen atoms in total. The van der Waals surface area contributed by atoms with Gasteiger partial charge in [0.15, 0.2) is 0 Å². The highest BCUT2D eigenvalue weighted by molar-refractivity contribution is 5.28. The van der Waals surface area contributed by atoms with Crippen molar-refractivity contribution in [2.75, 3.05) is 32.9 Å². The molecule has 0 aromatic carbocycles. The molecule has 4 rings (SSSR count). The van der Waals surface area contributed by atoms with Gasteiger partial charge in [-0.1, -0.05) is 0 Å². The van der Waals surface area contributed by atoms with Crippen molar-refractivity contribution in [2.24, 2.45) is 18.4 Å². The Morgan fingerprint density at radius 2 is 2.36 bits per heavy atom. The van der Waals surface area contributed by atoms with Gasteiger partial charge < -0.3 is 9.47 Å². The molecule has 2 aliphatic heterocycles. The van der Waals surface area contributed by atoms with E-state index in [1.807, 2.05) is 17.9 Å². The topological polar surface area (TPSA) is 76.2 Å². The molecule has 2 atom stereocenters. The second-order valence-corrected chi connectivity index (χ2v) is 7.05. The molecular formula is C18H21N5O2. The molecule has 25 heavy (non-hydrogen) atoms. The van der Waals surface area contributed by atoms with E-state index >= 15 is 0 Å². The van der Waals surface area contributed by atoms with Gasteiger partial charge in [-0.15, -0.1) is 0 Å². The predicted molar refractivity (Wildman–Crippen MR) is 89.7 cm³/mol. The summed E-state index contributed by atoms with van der Waals surface area (Å²) in [4.78, 5) is 6.66.